The highest BCUT2D eigenvalue weighted by atomic mass is 32.2. The van der Waals surface area contributed by atoms with Crippen molar-refractivity contribution in [2.24, 2.45) is 5.92 Å². The van der Waals surface area contributed by atoms with Gasteiger partial charge in [-0.05, 0) is 44.1 Å². The van der Waals surface area contributed by atoms with Gasteiger partial charge in [0, 0.05) is 18.0 Å². The van der Waals surface area contributed by atoms with E-state index in [9.17, 15) is 18.0 Å². The summed E-state index contributed by atoms with van der Waals surface area (Å²) in [4.78, 5) is 33.1. The van der Waals surface area contributed by atoms with Crippen LogP contribution in [0.3, 0.4) is 0 Å². The Kier molecular flexibility index (Phi) is 8.08. The van der Waals surface area contributed by atoms with Crippen LogP contribution >= 0.6 is 23.1 Å². The molecule has 1 N–H and O–H groups in total. The third kappa shape index (κ3) is 5.61. The first kappa shape index (κ1) is 26.6. The number of nitrogens with zero attached hydrogens (tertiary/aromatic N) is 3. The summed E-state index contributed by atoms with van der Waals surface area (Å²) in [6.07, 6.45) is 0.944. The molecule has 0 saturated carbocycles. The summed E-state index contributed by atoms with van der Waals surface area (Å²) in [6.45, 7) is 9.63. The van der Waals surface area contributed by atoms with Gasteiger partial charge >= 0.3 is 5.69 Å². The zero-order chi connectivity index (χ0) is 26.0. The maximum absolute atomic E-state index is 13.5. The van der Waals surface area contributed by atoms with Gasteiger partial charge in [0.2, 0.25) is 0 Å². The Bertz CT molecular complexity index is 1370. The van der Waals surface area contributed by atoms with E-state index in [1.165, 1.54) is 39.8 Å². The number of amides is 1. The molecule has 1 fully saturated rings. The molecule has 0 atom stereocenters. The minimum absolute atomic E-state index is 0.0658. The number of aryl methyl sites for hydroxylation is 2. The molecule has 1 saturated heterocycles. The number of nitrogens with one attached hydrogen (secondary N) is 1. The molecule has 1 amide bonds. The maximum atomic E-state index is 13.5. The fourth-order valence-corrected chi connectivity index (χ4v) is 7.62. The lowest BCUT2D eigenvalue weighted by Gasteiger charge is -2.28. The molecule has 3 aliphatic rings. The fraction of sp³-hybridized carbons (Fsp3) is 0.458. The molecule has 36 heavy (non-hydrogen) atoms. The Morgan fingerprint density at radius 3 is 2.50 bits per heavy atom. The topological polar surface area (TPSA) is 111 Å². The Morgan fingerprint density at radius 2 is 1.86 bits per heavy atom. The minimum Gasteiger partial charge on any atom is -0.378 e. The van der Waals surface area contributed by atoms with Crippen molar-refractivity contribution in [2.45, 2.75) is 43.2 Å². The van der Waals surface area contributed by atoms with E-state index in [2.05, 4.69) is 23.6 Å². The van der Waals surface area contributed by atoms with Gasteiger partial charge in [-0.15, -0.1) is 23.1 Å². The van der Waals surface area contributed by atoms with Crippen LogP contribution in [0.2, 0.25) is 0 Å². The molecule has 194 valence electrons. The van der Waals surface area contributed by atoms with Gasteiger partial charge in [0.1, 0.15) is 11.4 Å². The van der Waals surface area contributed by atoms with Gasteiger partial charge in [0.25, 0.3) is 15.9 Å². The maximum Gasteiger partial charge on any atom is 0.355 e. The summed E-state index contributed by atoms with van der Waals surface area (Å²) >= 11 is 2.92. The summed E-state index contributed by atoms with van der Waals surface area (Å²) in [5, 5.41) is 0. The molecule has 1 aromatic carbocycles. The Hall–Kier alpha value is -2.41. The zero-order valence-electron chi connectivity index (χ0n) is 20.7. The predicted octanol–water partition coefficient (Wildman–Crippen LogP) is 3.76. The number of hydrogen-bond acceptors (Lipinski definition) is 8. The summed E-state index contributed by atoms with van der Waals surface area (Å²) in [5.41, 5.74) is 0.764. The second-order valence-electron chi connectivity index (χ2n) is 9.08. The van der Waals surface area contributed by atoms with Gasteiger partial charge in [0.15, 0.2) is 5.82 Å². The number of ether oxygens (including phenoxy) is 1. The van der Waals surface area contributed by atoms with Gasteiger partial charge in [0.05, 0.1) is 22.3 Å². The Labute approximate surface area is 219 Å². The van der Waals surface area contributed by atoms with E-state index in [-0.39, 0.29) is 22.3 Å². The fourth-order valence-electron chi connectivity index (χ4n) is 3.81. The number of morpholine rings is 1. The van der Waals surface area contributed by atoms with Crippen molar-refractivity contribution in [3.63, 3.8) is 0 Å². The second kappa shape index (κ2) is 10.9. The lowest BCUT2D eigenvalue weighted by atomic mass is 10.2. The summed E-state index contributed by atoms with van der Waals surface area (Å²) in [5.74, 6) is 0.906. The van der Waals surface area contributed by atoms with Crippen LogP contribution in [0.5, 0.6) is 0 Å². The predicted molar refractivity (Wildman–Crippen MR) is 143 cm³/mol. The zero-order valence-corrected chi connectivity index (χ0v) is 23.2. The number of rotatable bonds is 8. The van der Waals surface area contributed by atoms with Crippen molar-refractivity contribution in [3.05, 3.63) is 50.9 Å². The van der Waals surface area contributed by atoms with Crippen LogP contribution in [0.25, 0.3) is 5.69 Å². The molecule has 4 rings (SSSR count). The summed E-state index contributed by atoms with van der Waals surface area (Å²) in [7, 11) is -4.00. The van der Waals surface area contributed by atoms with Crippen molar-refractivity contribution < 1.29 is 17.9 Å². The van der Waals surface area contributed by atoms with Crippen LogP contribution in [-0.2, 0) is 14.8 Å². The SMILES string of the molecule is Cc1ccc(S(=O)(=O)Nc2nc(=O)n3c(C(=O)N4CCOCC4)c(C)sc(SCCC(C)C)c2-3)cc1. The Balaban J connectivity index is 1.81. The van der Waals surface area contributed by atoms with E-state index in [1.807, 2.05) is 6.92 Å². The van der Waals surface area contributed by atoms with E-state index in [0.29, 0.717) is 42.8 Å². The van der Waals surface area contributed by atoms with E-state index in [1.54, 1.807) is 24.0 Å². The van der Waals surface area contributed by atoms with Crippen molar-refractivity contribution in [1.29, 1.82) is 0 Å². The Morgan fingerprint density at radius 1 is 1.19 bits per heavy atom. The molecule has 1 aromatic rings. The van der Waals surface area contributed by atoms with Crippen LogP contribution in [-0.4, -0.2) is 60.8 Å². The number of sulfonamides is 1. The lowest BCUT2D eigenvalue weighted by Crippen LogP contribution is -2.42. The molecule has 3 aliphatic heterocycles. The minimum atomic E-state index is -4.00. The smallest absolute Gasteiger partial charge is 0.355 e. The van der Waals surface area contributed by atoms with Gasteiger partial charge in [-0.25, -0.2) is 17.8 Å². The first-order valence-electron chi connectivity index (χ1n) is 11.7. The summed E-state index contributed by atoms with van der Waals surface area (Å²) < 4.78 is 36.2. The molecule has 0 aliphatic carbocycles. The number of anilines is 1. The van der Waals surface area contributed by atoms with Crippen molar-refractivity contribution in [1.82, 2.24) is 14.5 Å². The highest BCUT2D eigenvalue weighted by Gasteiger charge is 2.32. The molecular weight excluding hydrogens is 520 g/mol. The van der Waals surface area contributed by atoms with E-state index in [0.717, 1.165) is 21.9 Å². The van der Waals surface area contributed by atoms with E-state index >= 15 is 0 Å². The number of imidazole rings is 1. The second-order valence-corrected chi connectivity index (χ2v) is 13.3. The van der Waals surface area contributed by atoms with Gasteiger partial charge in [-0.2, -0.15) is 4.98 Å². The van der Waals surface area contributed by atoms with Gasteiger partial charge in [-0.3, -0.25) is 9.52 Å². The number of hydrogen-bond donors (Lipinski definition) is 1. The average Bonchev–Trinajstić information content (AvgIpc) is 3.14. The van der Waals surface area contributed by atoms with Crippen LogP contribution < -0.4 is 10.4 Å². The standard InChI is InChI=1S/C24H30N4O5S3/c1-15(2)9-14-34-23-20-21(26-36(31,32)18-7-5-16(3)6-8-18)25-24(30)28(20)19(17(4)35-23)22(29)27-10-12-33-13-11-27/h5-8,15H,9-14H2,1-4H3,(H,25,26,30). The van der Waals surface area contributed by atoms with Crippen molar-refractivity contribution in [3.8, 4) is 5.69 Å². The number of carbonyl (C=O) groups is 1. The lowest BCUT2D eigenvalue weighted by molar-refractivity contribution is 0.0296. The normalized spacial score (nSPS) is 14.5. The highest BCUT2D eigenvalue weighted by molar-refractivity contribution is 8.01. The molecular formula is C24H30N4O5S3. The van der Waals surface area contributed by atoms with Crippen LogP contribution in [0.15, 0.2) is 38.2 Å². The van der Waals surface area contributed by atoms with Crippen LogP contribution in [0, 0.1) is 19.8 Å². The van der Waals surface area contributed by atoms with E-state index in [4.69, 9.17) is 4.74 Å². The first-order chi connectivity index (χ1) is 17.1. The molecule has 0 spiro atoms. The van der Waals surface area contributed by atoms with Crippen molar-refractivity contribution in [2.75, 3.05) is 36.8 Å². The summed E-state index contributed by atoms with van der Waals surface area (Å²) in [6, 6.07) is 6.42. The first-order valence-corrected chi connectivity index (χ1v) is 15.0. The van der Waals surface area contributed by atoms with E-state index < -0.39 is 15.7 Å². The monoisotopic (exact) mass is 550 g/mol. The highest BCUT2D eigenvalue weighted by Crippen LogP contribution is 2.39. The number of fused-ring (bicyclic) bond motifs is 1. The largest absolute Gasteiger partial charge is 0.378 e. The number of thioether (sulfide) groups is 1. The van der Waals surface area contributed by atoms with Gasteiger partial charge < -0.3 is 9.64 Å². The third-order valence-electron chi connectivity index (χ3n) is 5.83. The third-order valence-corrected chi connectivity index (χ3v) is 9.57. The number of carbonyl (C=O) groups excluding carboxylic acids is 1. The molecule has 0 bridgehead atoms. The van der Waals surface area contributed by atoms with Gasteiger partial charge in [-0.1, -0.05) is 31.5 Å². The molecule has 0 aromatic heterocycles. The molecule has 3 heterocycles. The van der Waals surface area contributed by atoms with Crippen LogP contribution in [0.1, 0.15) is 41.2 Å². The molecule has 0 unspecified atom stereocenters. The number of benzene rings is 1. The molecule has 12 heteroatoms. The van der Waals surface area contributed by atoms with Crippen molar-refractivity contribution >= 4 is 44.8 Å². The molecule has 0 radical (unpaired) electrons. The molecule has 9 nitrogen and oxygen atoms in total. The van der Waals surface area contributed by atoms with Crippen LogP contribution in [0.4, 0.5) is 5.82 Å². The number of aromatic nitrogens is 2. The average molecular weight is 551 g/mol. The quantitative estimate of drug-likeness (QED) is 0.425.